The molecule has 0 saturated heterocycles. The molecule has 2 aromatic rings. The molecular weight excluding hydrogens is 258 g/mol. The maximum atomic E-state index is 5.48. The fourth-order valence-electron chi connectivity index (χ4n) is 1.43. The molecule has 0 fully saturated rings. The number of aromatic nitrogens is 3. The maximum Gasteiger partial charge on any atom is 0.200 e. The Hall–Kier alpha value is -1.20. The van der Waals surface area contributed by atoms with Crippen LogP contribution in [0.2, 0.25) is 0 Å². The average Bonchev–Trinajstić information content (AvgIpc) is 2.97. The normalized spacial score (nSPS) is 11.4. The molecule has 0 N–H and O–H groups in total. The Morgan fingerprint density at radius 1 is 1.53 bits per heavy atom. The molecule has 0 bridgehead atoms. The van der Waals surface area contributed by atoms with Crippen LogP contribution in [0.3, 0.4) is 0 Å². The molecule has 90 valence electrons. The Morgan fingerprint density at radius 2 is 2.41 bits per heavy atom. The largest absolute Gasteiger partial charge is 0.461 e. The number of hydrogen-bond acceptors (Lipinski definition) is 4. The summed E-state index contributed by atoms with van der Waals surface area (Å²) in [4.78, 5) is 0. The van der Waals surface area contributed by atoms with E-state index in [1.165, 1.54) is 5.54 Å². The first-order valence-corrected chi connectivity index (χ1v) is 6.64. The molecule has 0 saturated carbocycles. The predicted octanol–water partition coefficient (Wildman–Crippen LogP) is 3.40. The van der Waals surface area contributed by atoms with E-state index in [1.54, 1.807) is 18.0 Å². The highest BCUT2D eigenvalue weighted by Gasteiger charge is 2.14. The molecule has 2 rings (SSSR count). The first-order valence-electron chi connectivity index (χ1n) is 5.22. The van der Waals surface area contributed by atoms with Crippen molar-refractivity contribution in [2.45, 2.75) is 18.6 Å². The lowest BCUT2D eigenvalue weighted by molar-refractivity contribution is 0.567. The van der Waals surface area contributed by atoms with Crippen LogP contribution in [-0.2, 0) is 6.54 Å². The third-order valence-electron chi connectivity index (χ3n) is 2.17. The standard InChI is InChI=1S/C11H12ClN3OS/c1-2-15-10(9-5-3-7-16-9)13-14-11(15)17-8-4-6-12/h3-7H,2,8H2,1H3. The summed E-state index contributed by atoms with van der Waals surface area (Å²) in [7, 11) is 0. The Balaban J connectivity index is 2.24. The fourth-order valence-corrected chi connectivity index (χ4v) is 2.43. The number of thioether (sulfide) groups is 1. The van der Waals surface area contributed by atoms with Crippen LogP contribution < -0.4 is 0 Å². The first-order chi connectivity index (χ1) is 8.36. The number of halogens is 1. The van der Waals surface area contributed by atoms with Gasteiger partial charge in [0.2, 0.25) is 0 Å². The van der Waals surface area contributed by atoms with Gasteiger partial charge in [-0.2, -0.15) is 0 Å². The van der Waals surface area contributed by atoms with E-state index in [1.807, 2.05) is 22.8 Å². The van der Waals surface area contributed by atoms with Crippen molar-refractivity contribution in [2.24, 2.45) is 0 Å². The fraction of sp³-hybridized carbons (Fsp3) is 0.273. The molecule has 0 aliphatic carbocycles. The van der Waals surface area contributed by atoms with Crippen molar-refractivity contribution in [1.82, 2.24) is 14.8 Å². The van der Waals surface area contributed by atoms with Crippen LogP contribution in [0.4, 0.5) is 0 Å². The van der Waals surface area contributed by atoms with E-state index in [0.717, 1.165) is 29.0 Å². The number of nitrogens with zero attached hydrogens (tertiary/aromatic N) is 3. The zero-order valence-corrected chi connectivity index (χ0v) is 10.9. The monoisotopic (exact) mass is 269 g/mol. The van der Waals surface area contributed by atoms with Gasteiger partial charge >= 0.3 is 0 Å². The molecule has 0 aliphatic heterocycles. The second-order valence-electron chi connectivity index (χ2n) is 3.20. The second kappa shape index (κ2) is 5.93. The van der Waals surface area contributed by atoms with E-state index in [-0.39, 0.29) is 0 Å². The maximum absolute atomic E-state index is 5.48. The van der Waals surface area contributed by atoms with E-state index >= 15 is 0 Å². The van der Waals surface area contributed by atoms with Crippen LogP contribution in [0.25, 0.3) is 11.6 Å². The zero-order valence-electron chi connectivity index (χ0n) is 9.34. The summed E-state index contributed by atoms with van der Waals surface area (Å²) in [5.74, 6) is 2.27. The van der Waals surface area contributed by atoms with Crippen LogP contribution in [0.1, 0.15) is 6.92 Å². The van der Waals surface area contributed by atoms with Gasteiger partial charge in [-0.25, -0.2) is 0 Å². The molecule has 0 atom stereocenters. The SMILES string of the molecule is CCn1c(SCC=CCl)nnc1-c1ccco1. The molecule has 0 aliphatic rings. The Bertz CT molecular complexity index is 493. The van der Waals surface area contributed by atoms with E-state index in [4.69, 9.17) is 16.0 Å². The lowest BCUT2D eigenvalue weighted by atomic mass is 10.4. The van der Waals surface area contributed by atoms with Crippen LogP contribution in [0.5, 0.6) is 0 Å². The quantitative estimate of drug-likeness (QED) is 0.781. The molecule has 2 aromatic heterocycles. The highest BCUT2D eigenvalue weighted by molar-refractivity contribution is 7.99. The number of rotatable bonds is 5. The van der Waals surface area contributed by atoms with Crippen molar-refractivity contribution < 1.29 is 4.42 Å². The molecule has 0 spiro atoms. The Labute approximate surface area is 109 Å². The molecule has 4 nitrogen and oxygen atoms in total. The van der Waals surface area contributed by atoms with Gasteiger partial charge in [0.05, 0.1) is 6.26 Å². The molecule has 0 aromatic carbocycles. The molecular formula is C11H12ClN3OS. The van der Waals surface area contributed by atoms with Gasteiger partial charge in [-0.05, 0) is 19.1 Å². The summed E-state index contributed by atoms with van der Waals surface area (Å²) in [6, 6.07) is 3.72. The topological polar surface area (TPSA) is 43.9 Å². The minimum atomic E-state index is 0.735. The zero-order chi connectivity index (χ0) is 12.1. The van der Waals surface area contributed by atoms with Crippen molar-refractivity contribution in [3.63, 3.8) is 0 Å². The van der Waals surface area contributed by atoms with Gasteiger partial charge in [0.1, 0.15) is 0 Å². The van der Waals surface area contributed by atoms with E-state index in [9.17, 15) is 0 Å². The first kappa shape index (κ1) is 12.3. The van der Waals surface area contributed by atoms with Crippen molar-refractivity contribution in [1.29, 1.82) is 0 Å². The van der Waals surface area contributed by atoms with Crippen molar-refractivity contribution in [2.75, 3.05) is 5.75 Å². The van der Waals surface area contributed by atoms with Crippen molar-refractivity contribution in [3.8, 4) is 11.6 Å². The molecule has 0 radical (unpaired) electrons. The van der Waals surface area contributed by atoms with Gasteiger partial charge in [-0.15, -0.1) is 10.2 Å². The Kier molecular flexibility index (Phi) is 4.28. The highest BCUT2D eigenvalue weighted by atomic mass is 35.5. The predicted molar refractivity (Wildman–Crippen MR) is 69.1 cm³/mol. The summed E-state index contributed by atoms with van der Waals surface area (Å²) < 4.78 is 7.35. The van der Waals surface area contributed by atoms with Crippen LogP contribution in [0, 0.1) is 0 Å². The van der Waals surface area contributed by atoms with Gasteiger partial charge < -0.3 is 4.42 Å². The van der Waals surface area contributed by atoms with Gasteiger partial charge in [-0.3, -0.25) is 4.57 Å². The summed E-state index contributed by atoms with van der Waals surface area (Å²) in [6.07, 6.45) is 3.50. The molecule has 0 unspecified atom stereocenters. The van der Waals surface area contributed by atoms with Crippen LogP contribution >= 0.6 is 23.4 Å². The third kappa shape index (κ3) is 2.73. The summed E-state index contributed by atoms with van der Waals surface area (Å²) in [5, 5.41) is 9.17. The smallest absolute Gasteiger partial charge is 0.200 e. The van der Waals surface area contributed by atoms with Crippen LogP contribution in [0.15, 0.2) is 39.6 Å². The summed E-state index contributed by atoms with van der Waals surface area (Å²) in [5.41, 5.74) is 1.51. The summed E-state index contributed by atoms with van der Waals surface area (Å²) >= 11 is 7.07. The molecule has 0 amide bonds. The van der Waals surface area contributed by atoms with Crippen molar-refractivity contribution >= 4 is 23.4 Å². The molecule has 2 heterocycles. The van der Waals surface area contributed by atoms with Gasteiger partial charge in [0.25, 0.3) is 0 Å². The van der Waals surface area contributed by atoms with E-state index in [2.05, 4.69) is 17.1 Å². The molecule has 17 heavy (non-hydrogen) atoms. The van der Waals surface area contributed by atoms with Gasteiger partial charge in [0, 0.05) is 17.8 Å². The van der Waals surface area contributed by atoms with E-state index < -0.39 is 0 Å². The van der Waals surface area contributed by atoms with E-state index in [0.29, 0.717) is 0 Å². The van der Waals surface area contributed by atoms with Gasteiger partial charge in [0.15, 0.2) is 16.7 Å². The Morgan fingerprint density at radius 3 is 3.06 bits per heavy atom. The van der Waals surface area contributed by atoms with Gasteiger partial charge in [-0.1, -0.05) is 29.4 Å². The highest BCUT2D eigenvalue weighted by Crippen LogP contribution is 2.24. The third-order valence-corrected chi connectivity index (χ3v) is 3.27. The number of furan rings is 1. The minimum Gasteiger partial charge on any atom is -0.461 e. The molecule has 6 heteroatoms. The average molecular weight is 270 g/mol. The summed E-state index contributed by atoms with van der Waals surface area (Å²) in [6.45, 7) is 2.85. The van der Waals surface area contributed by atoms with Crippen LogP contribution in [-0.4, -0.2) is 20.5 Å². The minimum absolute atomic E-state index is 0.735. The second-order valence-corrected chi connectivity index (χ2v) is 4.44. The van der Waals surface area contributed by atoms with Crippen molar-refractivity contribution in [3.05, 3.63) is 30.0 Å². The lowest BCUT2D eigenvalue weighted by Crippen LogP contribution is -1.99. The number of hydrogen-bond donors (Lipinski definition) is 0. The lowest BCUT2D eigenvalue weighted by Gasteiger charge is -2.04.